The number of halogens is 1. The Bertz CT molecular complexity index is 692. The molecule has 0 fully saturated rings. The van der Waals surface area contributed by atoms with Gasteiger partial charge in [0.2, 0.25) is 0 Å². The van der Waals surface area contributed by atoms with Gasteiger partial charge in [0.25, 0.3) is 0 Å². The molecule has 1 aromatic carbocycles. The van der Waals surface area contributed by atoms with Crippen LogP contribution in [-0.4, -0.2) is 21.8 Å². The molecule has 0 saturated heterocycles. The fourth-order valence-electron chi connectivity index (χ4n) is 1.72. The van der Waals surface area contributed by atoms with Crippen LogP contribution in [-0.2, 0) is 26.2 Å². The van der Waals surface area contributed by atoms with Crippen molar-refractivity contribution in [3.63, 3.8) is 0 Å². The largest absolute Gasteiger partial charge is 0.240 e. The molecule has 0 bridgehead atoms. The van der Waals surface area contributed by atoms with Crippen LogP contribution in [0.25, 0.3) is 0 Å². The van der Waals surface area contributed by atoms with Crippen LogP contribution in [0.2, 0.25) is 0 Å². The topological polar surface area (TPSA) is 52.6 Å². The molecule has 4 nitrogen and oxygen atoms in total. The quantitative estimate of drug-likeness (QED) is 0.332. The lowest BCUT2D eigenvalue weighted by atomic mass is 10.2. The van der Waals surface area contributed by atoms with E-state index in [4.69, 9.17) is 4.89 Å². The first-order valence-electron chi connectivity index (χ1n) is 7.88. The van der Waals surface area contributed by atoms with Crippen molar-refractivity contribution in [3.8, 4) is 0 Å². The van der Waals surface area contributed by atoms with Crippen LogP contribution in [0.15, 0.2) is 40.6 Å². The smallest absolute Gasteiger partial charge is 0.175 e. The standard InChI is InChI=1S/C8H11BrO2S.C8H10O2S.C2H6/c1-6(9)7-3-4-12-8(7)5-11-10-2;1-7-3-5-8(6-4-7)11(2,9)10;1-2/h3-4,6H,5H2,1-2H3;3-6H,1-2H3;1-2H3. The number of aryl methyl sites for hydroxylation is 1. The summed E-state index contributed by atoms with van der Waals surface area (Å²) in [5.74, 6) is 0. The van der Waals surface area contributed by atoms with E-state index in [2.05, 4.69) is 39.2 Å². The molecular weight excluding hydrogens is 424 g/mol. The average molecular weight is 451 g/mol. The van der Waals surface area contributed by atoms with Crippen molar-refractivity contribution >= 4 is 37.1 Å². The zero-order valence-corrected chi connectivity index (χ0v) is 18.8. The molecule has 1 atom stereocenters. The summed E-state index contributed by atoms with van der Waals surface area (Å²) in [4.78, 5) is 11.4. The number of hydrogen-bond acceptors (Lipinski definition) is 5. The van der Waals surface area contributed by atoms with Crippen LogP contribution < -0.4 is 0 Å². The molecule has 1 heterocycles. The van der Waals surface area contributed by atoms with Crippen LogP contribution in [0.1, 0.15) is 41.6 Å². The molecule has 0 radical (unpaired) electrons. The van der Waals surface area contributed by atoms with Gasteiger partial charge >= 0.3 is 0 Å². The van der Waals surface area contributed by atoms with Gasteiger partial charge in [0.1, 0.15) is 6.61 Å². The van der Waals surface area contributed by atoms with E-state index in [1.165, 1.54) is 23.8 Å². The van der Waals surface area contributed by atoms with Crippen LogP contribution in [0.5, 0.6) is 0 Å². The molecule has 0 amide bonds. The third-order valence-corrected chi connectivity index (χ3v) is 5.50. The molecule has 0 spiro atoms. The molecule has 0 aliphatic heterocycles. The number of hydrogen-bond donors (Lipinski definition) is 0. The summed E-state index contributed by atoms with van der Waals surface area (Å²) in [7, 11) is -1.50. The minimum absolute atomic E-state index is 0.374. The normalized spacial score (nSPS) is 11.6. The number of thiophene rings is 1. The van der Waals surface area contributed by atoms with Crippen molar-refractivity contribution in [2.24, 2.45) is 0 Å². The Kier molecular flexibility index (Phi) is 12.2. The van der Waals surface area contributed by atoms with E-state index in [-0.39, 0.29) is 0 Å². The fourth-order valence-corrected chi connectivity index (χ4v) is 3.81. The molecule has 0 aliphatic carbocycles. The highest BCUT2D eigenvalue weighted by molar-refractivity contribution is 9.09. The second-order valence-corrected chi connectivity index (χ2v) is 9.32. The zero-order chi connectivity index (χ0) is 19.5. The van der Waals surface area contributed by atoms with Gasteiger partial charge < -0.3 is 0 Å². The number of rotatable bonds is 5. The average Bonchev–Trinajstić information content (AvgIpc) is 3.04. The highest BCUT2D eigenvalue weighted by atomic mass is 79.9. The molecule has 25 heavy (non-hydrogen) atoms. The van der Waals surface area contributed by atoms with Gasteiger partial charge in [-0.3, -0.25) is 0 Å². The van der Waals surface area contributed by atoms with Crippen molar-refractivity contribution in [2.45, 2.75) is 44.0 Å². The predicted molar refractivity (Wildman–Crippen MR) is 109 cm³/mol. The minimum Gasteiger partial charge on any atom is -0.240 e. The highest BCUT2D eigenvalue weighted by Gasteiger charge is 2.08. The monoisotopic (exact) mass is 450 g/mol. The van der Waals surface area contributed by atoms with Gasteiger partial charge in [0.05, 0.1) is 12.0 Å². The van der Waals surface area contributed by atoms with Crippen molar-refractivity contribution in [1.82, 2.24) is 0 Å². The maximum absolute atomic E-state index is 10.9. The second kappa shape index (κ2) is 12.6. The number of alkyl halides is 1. The summed E-state index contributed by atoms with van der Waals surface area (Å²) in [5.41, 5.74) is 2.34. The zero-order valence-electron chi connectivity index (χ0n) is 15.6. The van der Waals surface area contributed by atoms with Crippen molar-refractivity contribution in [3.05, 3.63) is 51.7 Å². The van der Waals surface area contributed by atoms with Crippen molar-refractivity contribution in [2.75, 3.05) is 13.4 Å². The Morgan fingerprint density at radius 1 is 1.16 bits per heavy atom. The first-order valence-corrected chi connectivity index (χ1v) is 11.6. The molecule has 0 saturated carbocycles. The molecule has 0 aliphatic rings. The van der Waals surface area contributed by atoms with Gasteiger partial charge in [-0.2, -0.15) is 0 Å². The third kappa shape index (κ3) is 9.51. The molecule has 142 valence electrons. The second-order valence-electron chi connectivity index (χ2n) is 4.93. The summed E-state index contributed by atoms with van der Waals surface area (Å²) in [6, 6.07) is 8.90. The van der Waals surface area contributed by atoms with Gasteiger partial charge in [-0.15, -0.1) is 11.3 Å². The Labute approximate surface area is 164 Å². The summed E-state index contributed by atoms with van der Waals surface area (Å²) < 4.78 is 21.9. The Morgan fingerprint density at radius 2 is 1.72 bits per heavy atom. The molecule has 2 aromatic rings. The van der Waals surface area contributed by atoms with Crippen molar-refractivity contribution in [1.29, 1.82) is 0 Å². The molecule has 7 heteroatoms. The van der Waals surface area contributed by atoms with E-state index >= 15 is 0 Å². The van der Waals surface area contributed by atoms with E-state index in [0.29, 0.717) is 16.3 Å². The Balaban J connectivity index is 0.000000421. The summed E-state index contributed by atoms with van der Waals surface area (Å²) in [6.07, 6.45) is 1.21. The van der Waals surface area contributed by atoms with Gasteiger partial charge in [-0.05, 0) is 43.0 Å². The summed E-state index contributed by atoms with van der Waals surface area (Å²) in [5, 5.41) is 2.06. The maximum atomic E-state index is 10.9. The minimum atomic E-state index is -3.02. The molecule has 0 N–H and O–H groups in total. The third-order valence-electron chi connectivity index (χ3n) is 2.97. The number of sulfone groups is 1. The molecule has 1 unspecified atom stereocenters. The molecule has 1 aromatic heterocycles. The lowest BCUT2D eigenvalue weighted by Crippen LogP contribution is -1.95. The Morgan fingerprint density at radius 3 is 2.16 bits per heavy atom. The maximum Gasteiger partial charge on any atom is 0.175 e. The lowest BCUT2D eigenvalue weighted by Gasteiger charge is -2.04. The molecule has 2 rings (SSSR count). The van der Waals surface area contributed by atoms with E-state index in [0.717, 1.165) is 5.56 Å². The Hall–Kier alpha value is -0.730. The van der Waals surface area contributed by atoms with Gasteiger partial charge in [-0.25, -0.2) is 18.2 Å². The van der Waals surface area contributed by atoms with Crippen molar-refractivity contribution < 1.29 is 18.2 Å². The predicted octanol–water partition coefficient (Wildman–Crippen LogP) is 5.71. The fraction of sp³-hybridized carbons (Fsp3) is 0.444. The van der Waals surface area contributed by atoms with Gasteiger partial charge in [-0.1, -0.05) is 47.5 Å². The van der Waals surface area contributed by atoms with E-state index in [1.54, 1.807) is 35.6 Å². The van der Waals surface area contributed by atoms with E-state index < -0.39 is 9.84 Å². The highest BCUT2D eigenvalue weighted by Crippen LogP contribution is 2.29. The van der Waals surface area contributed by atoms with Crippen LogP contribution in [0.3, 0.4) is 0 Å². The first-order chi connectivity index (χ1) is 11.8. The van der Waals surface area contributed by atoms with Crippen LogP contribution >= 0.6 is 27.3 Å². The first kappa shape index (κ1) is 24.3. The van der Waals surface area contributed by atoms with Gasteiger partial charge in [0, 0.05) is 16.0 Å². The van der Waals surface area contributed by atoms with E-state index in [9.17, 15) is 8.42 Å². The molecular formula is C18H27BrO4S2. The van der Waals surface area contributed by atoms with Crippen LogP contribution in [0.4, 0.5) is 0 Å². The number of benzene rings is 1. The summed E-state index contributed by atoms with van der Waals surface area (Å²) in [6.45, 7) is 8.55. The lowest BCUT2D eigenvalue weighted by molar-refractivity contribution is -0.281. The van der Waals surface area contributed by atoms with Crippen LogP contribution in [0, 0.1) is 6.92 Å². The SMILES string of the molecule is CC.COOCc1sccc1C(C)Br.Cc1ccc(S(C)(=O)=O)cc1. The van der Waals surface area contributed by atoms with E-state index in [1.807, 2.05) is 20.8 Å². The van der Waals surface area contributed by atoms with Gasteiger partial charge in [0.15, 0.2) is 9.84 Å². The summed E-state index contributed by atoms with van der Waals surface area (Å²) >= 11 is 5.20.